The van der Waals surface area contributed by atoms with Crippen LogP contribution in [0.5, 0.6) is 0 Å². The molecule has 23 heavy (non-hydrogen) atoms. The van der Waals surface area contributed by atoms with Gasteiger partial charge < -0.3 is 15.3 Å². The fourth-order valence-electron chi connectivity index (χ4n) is 3.46. The summed E-state index contributed by atoms with van der Waals surface area (Å²) in [5.74, 6) is 0.724. The molecule has 5 nitrogen and oxygen atoms in total. The van der Waals surface area contributed by atoms with Gasteiger partial charge in [-0.3, -0.25) is 0 Å². The third kappa shape index (κ3) is 2.82. The average Bonchev–Trinajstić information content (AvgIpc) is 3.01. The Labute approximate surface area is 136 Å². The number of hydrogen-bond donors (Lipinski definition) is 2. The molecule has 0 bridgehead atoms. The summed E-state index contributed by atoms with van der Waals surface area (Å²) in [6, 6.07) is 6.66. The summed E-state index contributed by atoms with van der Waals surface area (Å²) in [7, 11) is 0. The van der Waals surface area contributed by atoms with Gasteiger partial charge in [0.05, 0.1) is 11.8 Å². The zero-order valence-corrected chi connectivity index (χ0v) is 13.4. The Morgan fingerprint density at radius 3 is 3.00 bits per heavy atom. The van der Waals surface area contributed by atoms with Gasteiger partial charge >= 0.3 is 0 Å². The van der Waals surface area contributed by atoms with Crippen molar-refractivity contribution in [2.45, 2.75) is 32.4 Å². The molecule has 3 heterocycles. The molecule has 0 aliphatic carbocycles. The molecule has 0 radical (unpaired) electrons. The van der Waals surface area contributed by atoms with Gasteiger partial charge in [-0.05, 0) is 49.1 Å². The molecule has 0 spiro atoms. The molecular formula is C18H22N4O. The van der Waals surface area contributed by atoms with Crippen molar-refractivity contribution in [3.8, 4) is 11.1 Å². The van der Waals surface area contributed by atoms with Crippen LogP contribution in [0.4, 0.5) is 5.95 Å². The lowest BCUT2D eigenvalue weighted by atomic mass is 9.96. The van der Waals surface area contributed by atoms with Gasteiger partial charge in [-0.2, -0.15) is 0 Å². The van der Waals surface area contributed by atoms with Crippen molar-refractivity contribution >= 4 is 5.95 Å². The Bertz CT molecular complexity index is 731. The molecule has 0 unspecified atom stereocenters. The van der Waals surface area contributed by atoms with E-state index in [1.165, 1.54) is 16.7 Å². The SMILES string of the molecule is Cc1nc(N2CC[C@@H](O)C2)ncc1-c1ccc2c(c1)CNCC2. The summed E-state index contributed by atoms with van der Waals surface area (Å²) < 4.78 is 0. The lowest BCUT2D eigenvalue weighted by Gasteiger charge is -2.19. The highest BCUT2D eigenvalue weighted by atomic mass is 16.3. The highest BCUT2D eigenvalue weighted by Crippen LogP contribution is 2.27. The molecule has 2 N–H and O–H groups in total. The van der Waals surface area contributed by atoms with E-state index in [1.807, 2.05) is 13.1 Å². The van der Waals surface area contributed by atoms with Crippen molar-refractivity contribution in [3.63, 3.8) is 0 Å². The first-order valence-corrected chi connectivity index (χ1v) is 8.30. The van der Waals surface area contributed by atoms with Crippen LogP contribution in [0.25, 0.3) is 11.1 Å². The topological polar surface area (TPSA) is 61.3 Å². The number of anilines is 1. The molecule has 1 saturated heterocycles. The van der Waals surface area contributed by atoms with Gasteiger partial charge in [-0.1, -0.05) is 12.1 Å². The number of aromatic nitrogens is 2. The molecule has 120 valence electrons. The molecule has 4 rings (SSSR count). The normalized spacial score (nSPS) is 20.6. The van der Waals surface area contributed by atoms with Gasteiger partial charge in [0, 0.05) is 31.4 Å². The molecule has 0 amide bonds. The fourth-order valence-corrected chi connectivity index (χ4v) is 3.46. The summed E-state index contributed by atoms with van der Waals surface area (Å²) in [6.07, 6.45) is 3.55. The molecule has 1 aromatic heterocycles. The van der Waals surface area contributed by atoms with Crippen molar-refractivity contribution in [2.75, 3.05) is 24.5 Å². The fraction of sp³-hybridized carbons (Fsp3) is 0.444. The number of aryl methyl sites for hydroxylation is 1. The molecule has 1 aromatic carbocycles. The third-order valence-electron chi connectivity index (χ3n) is 4.82. The lowest BCUT2D eigenvalue weighted by molar-refractivity contribution is 0.198. The second-order valence-electron chi connectivity index (χ2n) is 6.47. The highest BCUT2D eigenvalue weighted by molar-refractivity contribution is 5.67. The maximum absolute atomic E-state index is 9.67. The van der Waals surface area contributed by atoms with E-state index in [0.29, 0.717) is 6.54 Å². The molecule has 5 heteroatoms. The van der Waals surface area contributed by atoms with Crippen LogP contribution in [0.2, 0.25) is 0 Å². The molecular weight excluding hydrogens is 288 g/mol. The molecule has 2 aliphatic heterocycles. The number of β-amino-alcohol motifs (C(OH)–C–C–N with tert-alkyl or cyclic N) is 1. The third-order valence-corrected chi connectivity index (χ3v) is 4.82. The van der Waals surface area contributed by atoms with Gasteiger partial charge in [-0.15, -0.1) is 0 Å². The van der Waals surface area contributed by atoms with Gasteiger partial charge in [0.1, 0.15) is 0 Å². The van der Waals surface area contributed by atoms with Crippen LogP contribution in [-0.2, 0) is 13.0 Å². The number of fused-ring (bicyclic) bond motifs is 1. The van der Waals surface area contributed by atoms with E-state index in [4.69, 9.17) is 0 Å². The minimum atomic E-state index is -0.258. The monoisotopic (exact) mass is 310 g/mol. The number of nitrogens with zero attached hydrogens (tertiary/aromatic N) is 3. The van der Waals surface area contributed by atoms with Gasteiger partial charge in [0.2, 0.25) is 5.95 Å². The molecule has 2 aliphatic rings. The molecule has 2 aromatic rings. The van der Waals surface area contributed by atoms with Crippen molar-refractivity contribution in [2.24, 2.45) is 0 Å². The molecule has 0 saturated carbocycles. The molecule has 1 fully saturated rings. The van der Waals surface area contributed by atoms with E-state index in [9.17, 15) is 5.11 Å². The van der Waals surface area contributed by atoms with Gasteiger partial charge in [0.25, 0.3) is 0 Å². The first-order valence-electron chi connectivity index (χ1n) is 8.30. The predicted octanol–water partition coefficient (Wildman–Crippen LogP) is 1.67. The Morgan fingerprint density at radius 1 is 1.30 bits per heavy atom. The van der Waals surface area contributed by atoms with Crippen molar-refractivity contribution in [1.82, 2.24) is 15.3 Å². The molecule has 1 atom stereocenters. The minimum Gasteiger partial charge on any atom is -0.391 e. The van der Waals surface area contributed by atoms with Crippen LogP contribution in [0.15, 0.2) is 24.4 Å². The second kappa shape index (κ2) is 5.91. The quantitative estimate of drug-likeness (QED) is 0.883. The largest absolute Gasteiger partial charge is 0.391 e. The Hall–Kier alpha value is -1.98. The summed E-state index contributed by atoms with van der Waals surface area (Å²) in [5, 5.41) is 13.1. The maximum Gasteiger partial charge on any atom is 0.225 e. The van der Waals surface area contributed by atoms with E-state index < -0.39 is 0 Å². The Kier molecular flexibility index (Phi) is 3.75. The number of rotatable bonds is 2. The van der Waals surface area contributed by atoms with Gasteiger partial charge in [-0.25, -0.2) is 9.97 Å². The van der Waals surface area contributed by atoms with Gasteiger partial charge in [0.15, 0.2) is 0 Å². The van der Waals surface area contributed by atoms with E-state index in [1.54, 1.807) is 0 Å². The van der Waals surface area contributed by atoms with Crippen LogP contribution in [-0.4, -0.2) is 40.8 Å². The zero-order valence-electron chi connectivity index (χ0n) is 13.4. The predicted molar refractivity (Wildman–Crippen MR) is 90.5 cm³/mol. The minimum absolute atomic E-state index is 0.258. The first kappa shape index (κ1) is 14.6. The number of hydrogen-bond acceptors (Lipinski definition) is 5. The Balaban J connectivity index is 1.64. The number of nitrogens with one attached hydrogen (secondary N) is 1. The number of benzene rings is 1. The van der Waals surface area contributed by atoms with Crippen molar-refractivity contribution < 1.29 is 5.11 Å². The van der Waals surface area contributed by atoms with E-state index in [0.717, 1.165) is 49.7 Å². The van der Waals surface area contributed by atoms with Crippen molar-refractivity contribution in [1.29, 1.82) is 0 Å². The van der Waals surface area contributed by atoms with E-state index >= 15 is 0 Å². The number of aliphatic hydroxyl groups is 1. The van der Waals surface area contributed by atoms with E-state index in [-0.39, 0.29) is 6.10 Å². The summed E-state index contributed by atoms with van der Waals surface area (Å²) in [6.45, 7) is 5.48. The summed E-state index contributed by atoms with van der Waals surface area (Å²) in [5.41, 5.74) is 6.06. The Morgan fingerprint density at radius 2 is 2.22 bits per heavy atom. The van der Waals surface area contributed by atoms with E-state index in [2.05, 4.69) is 38.4 Å². The second-order valence-corrected chi connectivity index (χ2v) is 6.47. The summed E-state index contributed by atoms with van der Waals surface area (Å²) >= 11 is 0. The van der Waals surface area contributed by atoms with Crippen LogP contribution >= 0.6 is 0 Å². The first-order chi connectivity index (χ1) is 11.2. The maximum atomic E-state index is 9.67. The van der Waals surface area contributed by atoms with Crippen LogP contribution in [0.1, 0.15) is 23.2 Å². The summed E-state index contributed by atoms with van der Waals surface area (Å²) in [4.78, 5) is 11.3. The van der Waals surface area contributed by atoms with Crippen molar-refractivity contribution in [3.05, 3.63) is 41.2 Å². The lowest BCUT2D eigenvalue weighted by Crippen LogP contribution is -2.24. The highest BCUT2D eigenvalue weighted by Gasteiger charge is 2.23. The standard InChI is InChI=1S/C18H22N4O/c1-12-17(10-20-18(21-12)22-7-5-16(23)11-22)14-3-2-13-4-6-19-9-15(13)8-14/h2-3,8,10,16,19,23H,4-7,9,11H2,1H3/t16-/m1/s1. The zero-order chi connectivity index (χ0) is 15.8. The smallest absolute Gasteiger partial charge is 0.225 e. The van der Waals surface area contributed by atoms with Crippen LogP contribution in [0.3, 0.4) is 0 Å². The van der Waals surface area contributed by atoms with Crippen LogP contribution in [0, 0.1) is 6.92 Å². The average molecular weight is 310 g/mol. The van der Waals surface area contributed by atoms with Crippen LogP contribution < -0.4 is 10.2 Å². The number of aliphatic hydroxyl groups excluding tert-OH is 1.